The molecule has 2 unspecified atom stereocenters. The van der Waals surface area contributed by atoms with E-state index in [1.54, 1.807) is 107 Å². The van der Waals surface area contributed by atoms with E-state index < -0.39 is 17.2 Å². The maximum atomic E-state index is 12.6. The summed E-state index contributed by atoms with van der Waals surface area (Å²) in [5, 5.41) is 10.7. The first kappa shape index (κ1) is 78.6. The predicted molar refractivity (Wildman–Crippen MR) is 411 cm³/mol. The smallest absolute Gasteiger partial charge is 0.478 e. The van der Waals surface area contributed by atoms with Crippen molar-refractivity contribution >= 4 is 161 Å². The molecule has 0 saturated carbocycles. The molecule has 3 aliphatic carbocycles. The molecule has 506 valence electrons. The molecule has 0 fully saturated rings. The van der Waals surface area contributed by atoms with E-state index in [4.69, 9.17) is 61.0 Å². The average Bonchev–Trinajstić information content (AvgIpc) is 1.57. The van der Waals surface area contributed by atoms with Gasteiger partial charge in [-0.25, -0.2) is 14.4 Å². The molecule has 13 nitrogen and oxygen atoms in total. The number of fused-ring (bicyclic) bond motifs is 9. The third kappa shape index (κ3) is 17.9. The third-order valence-electron chi connectivity index (χ3n) is 16.6. The monoisotopic (exact) mass is 1680 g/mol. The van der Waals surface area contributed by atoms with Gasteiger partial charge in [0.25, 0.3) is 5.91 Å². The van der Waals surface area contributed by atoms with E-state index in [-0.39, 0.29) is 55.5 Å². The molecule has 8 heterocycles. The summed E-state index contributed by atoms with van der Waals surface area (Å²) >= 11 is 32.7. The number of carboxylic acids is 1. The minimum absolute atomic E-state index is 0. The van der Waals surface area contributed by atoms with Crippen molar-refractivity contribution in [1.29, 1.82) is 0 Å². The van der Waals surface area contributed by atoms with Gasteiger partial charge in [0, 0.05) is 149 Å². The molecule has 6 aromatic heterocycles. The largest absolute Gasteiger partial charge is 1.00 e. The van der Waals surface area contributed by atoms with E-state index in [0.717, 1.165) is 105 Å². The number of nitrogens with zero attached hydrogens (tertiary/aromatic N) is 4. The fourth-order valence-electron chi connectivity index (χ4n) is 11.8. The van der Waals surface area contributed by atoms with Gasteiger partial charge >= 0.3 is 36.8 Å². The fourth-order valence-corrected chi connectivity index (χ4v) is 17.3. The quantitative estimate of drug-likeness (QED) is 0.0658. The normalized spacial score (nSPS) is 16.1. The molecule has 99 heavy (non-hydrogen) atoms. The molecule has 1 amide bonds. The molecule has 2 spiro atoms. The summed E-state index contributed by atoms with van der Waals surface area (Å²) in [5.74, 6) is -1.17. The zero-order valence-corrected chi connectivity index (χ0v) is 63.6. The number of hydrogen-bond donors (Lipinski definition) is 1. The molecule has 0 saturated heterocycles. The zero-order valence-electron chi connectivity index (χ0n) is 53.8. The molecule has 0 radical (unpaired) electrons. The van der Waals surface area contributed by atoms with Crippen LogP contribution in [0.2, 0.25) is 20.1 Å². The van der Waals surface area contributed by atoms with Gasteiger partial charge in [0.1, 0.15) is 0 Å². The summed E-state index contributed by atoms with van der Waals surface area (Å²) in [6.45, 7) is 11.1. The number of halogens is 6. The van der Waals surface area contributed by atoms with Gasteiger partial charge in [0.2, 0.25) is 0 Å². The van der Waals surface area contributed by atoms with Crippen LogP contribution in [0.3, 0.4) is 0 Å². The topological polar surface area (TPSA) is 183 Å². The molecule has 5 aliphatic rings. The van der Waals surface area contributed by atoms with Gasteiger partial charge in [0.15, 0.2) is 22.8 Å². The maximum Gasteiger partial charge on any atom is 1.00 e. The third-order valence-corrected chi connectivity index (χ3v) is 23.2. The number of unbranched alkanes of at least 4 members (excludes halogenated alkanes) is 1. The van der Waals surface area contributed by atoms with Crippen molar-refractivity contribution in [2.75, 3.05) is 13.1 Å². The second-order valence-electron chi connectivity index (χ2n) is 22.7. The minimum atomic E-state index is -0.947. The van der Waals surface area contributed by atoms with Gasteiger partial charge in [-0.3, -0.25) is 29.3 Å². The minimum Gasteiger partial charge on any atom is -0.478 e. The Morgan fingerprint density at radius 2 is 0.960 bits per heavy atom. The van der Waals surface area contributed by atoms with E-state index >= 15 is 0 Å². The van der Waals surface area contributed by atoms with Crippen molar-refractivity contribution in [3.8, 4) is 31.3 Å². The van der Waals surface area contributed by atoms with Gasteiger partial charge in [-0.2, -0.15) is 6.42 Å². The molecule has 0 bridgehead atoms. The number of aryl methyl sites for hydroxylation is 2. The first-order valence-corrected chi connectivity index (χ1v) is 37.3. The number of benzene rings is 4. The van der Waals surface area contributed by atoms with Gasteiger partial charge in [-0.05, 0) is 223 Å². The van der Waals surface area contributed by atoms with Crippen molar-refractivity contribution in [2.24, 2.45) is 0 Å². The van der Waals surface area contributed by atoms with E-state index in [1.165, 1.54) is 43.3 Å². The number of carboxylic acid groups (broad SMARTS) is 1. The van der Waals surface area contributed by atoms with Crippen LogP contribution in [0.5, 0.6) is 0 Å². The number of aromatic nitrogens is 3. The summed E-state index contributed by atoms with van der Waals surface area (Å²) in [6.07, 6.45) is 19.3. The second kappa shape index (κ2) is 35.7. The number of thiophene rings is 3. The van der Waals surface area contributed by atoms with E-state index in [0.29, 0.717) is 70.3 Å². The van der Waals surface area contributed by atoms with Crippen molar-refractivity contribution in [3.05, 3.63) is 263 Å². The van der Waals surface area contributed by atoms with Crippen LogP contribution in [0.1, 0.15) is 173 Å². The second-order valence-corrected chi connectivity index (χ2v) is 30.1. The van der Waals surface area contributed by atoms with Gasteiger partial charge < -0.3 is 26.4 Å². The van der Waals surface area contributed by atoms with Gasteiger partial charge in [-0.1, -0.05) is 79.3 Å². The Morgan fingerprint density at radius 3 is 1.44 bits per heavy atom. The number of hydrogen-bond acceptors (Lipinski definition) is 14. The Balaban J connectivity index is 0.000000160. The molecule has 2 atom stereocenters. The van der Waals surface area contributed by atoms with E-state index in [2.05, 4.69) is 57.5 Å². The molecule has 15 rings (SSSR count). The van der Waals surface area contributed by atoms with Crippen LogP contribution in [0.15, 0.2) is 165 Å². The SMILES string of the molecule is C.CCN(CC)C(=O)c1cc(Cl)ccc1I.O=C(O)c1cc(Cl)ccc1I.O=C1CCCc2sc(-c3ccncc3)cc21.O=C1OC2(CCC(=O)c3sc(-c4ccncc4)cc32)c2ccc(Cl)cc21.O=C1OC2(CCCc3sc(-c4ccncc4)cc32)c2ccc(Cl)cc21.[CH2-]CCC.[Li+]. The molecular weight excluding hydrogens is 1610 g/mol. The Kier molecular flexibility index (Phi) is 28.3. The van der Waals surface area contributed by atoms with Crippen LogP contribution in [-0.2, 0) is 33.5 Å². The molecular formula is C76H67Cl4I2LiN4O9S3. The fraction of sp³-hybridized carbons (Fsp3) is 0.237. The Morgan fingerprint density at radius 1 is 0.525 bits per heavy atom. The van der Waals surface area contributed by atoms with Crippen molar-refractivity contribution < 1.29 is 62.2 Å². The number of ketones is 2. The molecule has 10 aromatic rings. The van der Waals surface area contributed by atoms with Gasteiger partial charge in [-0.15, -0.1) is 34.0 Å². The zero-order chi connectivity index (χ0) is 69.1. The van der Waals surface area contributed by atoms with Crippen LogP contribution in [0.4, 0.5) is 0 Å². The van der Waals surface area contributed by atoms with Crippen LogP contribution >= 0.6 is 126 Å². The van der Waals surface area contributed by atoms with Crippen LogP contribution < -0.4 is 18.9 Å². The number of Topliss-reactive ketones (excluding diaryl/α,β-unsaturated/α-hetero) is 2. The standard InChI is InChI=1S/C20H12ClNO3S.C20H14ClNO2S.C13H11NOS.C11H13ClINO.C7H4ClIO2.C4H9.CH4.Li/c21-12-1-2-14-13(9-12)19(24)25-20(14)6-3-16(23)18-15(20)10-17(26-18)11-4-7-22-8-5-11;21-13-3-4-15-14(10-13)19(23)24-20(15)7-1-2-17-16(20)11-18(25-17)12-5-8-22-9-6-12;15-11-2-1-3-12-10(11)8-13(16-12)9-4-6-14-7-5-9;1-3-14(4-2)11(15)9-7-8(12)5-6-10(9)13;8-4-1-2-6(9)5(3-4)7(10)11;1-3-4-2;;/h1-2,4-5,7-10H,3,6H2;3-6,8-11H,1-2,7H2;4-8H,1-3H2;5-7H,3-4H2,1-2H3;1-3H,(H,10,11);1,3-4H2,2H3;1H4;/q;;;;;-1;;+1. The Hall–Kier alpha value is -6.13. The van der Waals surface area contributed by atoms with Crippen molar-refractivity contribution in [2.45, 2.75) is 104 Å². The number of esters is 2. The summed E-state index contributed by atoms with van der Waals surface area (Å²) in [7, 11) is 0. The molecule has 1 N–H and O–H groups in total. The predicted octanol–water partition coefficient (Wildman–Crippen LogP) is 18.7. The Labute approximate surface area is 647 Å². The van der Waals surface area contributed by atoms with Gasteiger partial charge in [0.05, 0.1) is 27.1 Å². The van der Waals surface area contributed by atoms with Crippen LogP contribution in [0.25, 0.3) is 31.3 Å². The summed E-state index contributed by atoms with van der Waals surface area (Å²) < 4.78 is 13.5. The summed E-state index contributed by atoms with van der Waals surface area (Å²) in [4.78, 5) is 92.3. The number of rotatable bonds is 8. The van der Waals surface area contributed by atoms with Crippen LogP contribution in [-0.4, -0.2) is 73.4 Å². The summed E-state index contributed by atoms with van der Waals surface area (Å²) in [6, 6.07) is 38.9. The molecule has 4 aromatic carbocycles. The number of pyridine rings is 3. The average molecular weight is 1680 g/mol. The number of carbonyl (C=O) groups is 6. The van der Waals surface area contributed by atoms with Crippen LogP contribution in [0, 0.1) is 14.1 Å². The van der Waals surface area contributed by atoms with E-state index in [1.807, 2.05) is 109 Å². The molecule has 23 heteroatoms. The number of aromatic carboxylic acids is 1. The number of ether oxygens (including phenoxy) is 2. The first-order chi connectivity index (χ1) is 46.7. The van der Waals surface area contributed by atoms with Crippen molar-refractivity contribution in [1.82, 2.24) is 19.9 Å². The van der Waals surface area contributed by atoms with Crippen molar-refractivity contribution in [3.63, 3.8) is 0 Å². The Bertz CT molecular complexity index is 4570. The van der Waals surface area contributed by atoms with E-state index in [9.17, 15) is 28.8 Å². The first-order valence-electron chi connectivity index (χ1n) is 31.2. The molecule has 2 aliphatic heterocycles. The maximum absolute atomic E-state index is 12.6. The number of amides is 1. The number of carbonyl (C=O) groups excluding carboxylic acids is 5. The summed E-state index contributed by atoms with van der Waals surface area (Å²) in [5.41, 5.74) is 8.33.